The van der Waals surface area contributed by atoms with Crippen LogP contribution in [0.4, 0.5) is 0 Å². The summed E-state index contributed by atoms with van der Waals surface area (Å²) in [6.07, 6.45) is 1.18. The van der Waals surface area contributed by atoms with Crippen molar-refractivity contribution in [3.8, 4) is 0 Å². The zero-order valence-corrected chi connectivity index (χ0v) is 6.43. The predicted octanol–water partition coefficient (Wildman–Crippen LogP) is 0.184. The van der Waals surface area contributed by atoms with Crippen molar-refractivity contribution in [2.75, 3.05) is 26.7 Å². The lowest BCUT2D eigenvalue weighted by Gasteiger charge is -2.12. The van der Waals surface area contributed by atoms with Crippen LogP contribution in [-0.2, 0) is 0 Å². The number of rotatable bonds is 3. The summed E-state index contributed by atoms with van der Waals surface area (Å²) in [7, 11) is 2.29. The maximum absolute atomic E-state index is 5.62. The van der Waals surface area contributed by atoms with Crippen LogP contribution in [0.25, 0.3) is 0 Å². The average molecular weight is 129 g/mol. The molecule has 1 rings (SSSR count). The van der Waals surface area contributed by atoms with Crippen molar-refractivity contribution in [3.05, 3.63) is 0 Å². The topological polar surface area (TPSA) is 26.0 Å². The van der Waals surface area contributed by atoms with Gasteiger partial charge in [0.2, 0.25) is 0 Å². The second kappa shape index (κ2) is 2.27. The molecule has 1 heterocycles. The first-order valence-corrected chi connectivity index (χ1v) is 3.71. The van der Waals surface area contributed by atoms with Gasteiger partial charge in [0.1, 0.15) is 13.1 Å². The predicted molar refractivity (Wildman–Crippen MR) is 39.1 cm³/mol. The van der Waals surface area contributed by atoms with Gasteiger partial charge in [-0.2, -0.15) is 0 Å². The number of quaternary nitrogens is 1. The maximum Gasteiger partial charge on any atom is 0.128 e. The third-order valence-corrected chi connectivity index (χ3v) is 2.11. The van der Waals surface area contributed by atoms with Crippen molar-refractivity contribution in [2.24, 2.45) is 5.73 Å². The van der Waals surface area contributed by atoms with E-state index in [1.807, 2.05) is 0 Å². The van der Waals surface area contributed by atoms with Gasteiger partial charge in [0.25, 0.3) is 0 Å². The Labute approximate surface area is 57.2 Å². The zero-order chi connectivity index (χ0) is 6.91. The first kappa shape index (κ1) is 7.03. The molecule has 0 aromatic carbocycles. The van der Waals surface area contributed by atoms with Crippen molar-refractivity contribution in [2.45, 2.75) is 19.4 Å². The smallest absolute Gasteiger partial charge is 0.128 e. The standard InChI is InChI=1S/C7H17N2/c1-7(8)3-4-9(2)5-6-9/h7H,3-6,8H2,1-2H3/q+1/t7-/m1/s1. The minimum absolute atomic E-state index is 0.389. The van der Waals surface area contributed by atoms with E-state index in [1.54, 1.807) is 0 Å². The Bertz CT molecular complexity index is 95.1. The molecule has 0 bridgehead atoms. The molecule has 1 fully saturated rings. The van der Waals surface area contributed by atoms with Gasteiger partial charge in [-0.3, -0.25) is 0 Å². The Kier molecular flexibility index (Phi) is 1.78. The van der Waals surface area contributed by atoms with Crippen LogP contribution < -0.4 is 5.73 Å². The number of nitrogens with two attached hydrogens (primary N) is 1. The summed E-state index contributed by atoms with van der Waals surface area (Å²) in [6.45, 7) is 6.09. The molecule has 2 heteroatoms. The molecule has 0 aromatic heterocycles. The lowest BCUT2D eigenvalue weighted by Crippen LogP contribution is -2.27. The summed E-state index contributed by atoms with van der Waals surface area (Å²) < 4.78 is 1.27. The van der Waals surface area contributed by atoms with Gasteiger partial charge in [-0.25, -0.2) is 0 Å². The molecule has 0 radical (unpaired) electrons. The molecule has 1 aliphatic heterocycles. The highest BCUT2D eigenvalue weighted by Crippen LogP contribution is 2.16. The van der Waals surface area contributed by atoms with Crippen LogP contribution in [0.15, 0.2) is 0 Å². The highest BCUT2D eigenvalue weighted by atomic mass is 15.4. The van der Waals surface area contributed by atoms with Crippen molar-refractivity contribution in [1.82, 2.24) is 0 Å². The van der Waals surface area contributed by atoms with Crippen molar-refractivity contribution >= 4 is 0 Å². The van der Waals surface area contributed by atoms with Gasteiger partial charge in [0, 0.05) is 12.5 Å². The normalized spacial score (nSPS) is 25.7. The van der Waals surface area contributed by atoms with Crippen LogP contribution in [0.3, 0.4) is 0 Å². The minimum Gasteiger partial charge on any atom is -0.328 e. The van der Waals surface area contributed by atoms with Crippen LogP contribution in [0.1, 0.15) is 13.3 Å². The third-order valence-electron chi connectivity index (χ3n) is 2.11. The molecule has 9 heavy (non-hydrogen) atoms. The molecule has 2 nitrogen and oxygen atoms in total. The minimum atomic E-state index is 0.389. The Morgan fingerprint density at radius 1 is 1.56 bits per heavy atom. The van der Waals surface area contributed by atoms with Gasteiger partial charge in [-0.15, -0.1) is 0 Å². The zero-order valence-electron chi connectivity index (χ0n) is 6.43. The Morgan fingerprint density at radius 3 is 2.44 bits per heavy atom. The first-order chi connectivity index (χ1) is 4.12. The second-order valence-corrected chi connectivity index (χ2v) is 3.56. The van der Waals surface area contributed by atoms with Gasteiger partial charge in [0.15, 0.2) is 0 Å². The van der Waals surface area contributed by atoms with Crippen LogP contribution >= 0.6 is 0 Å². The highest BCUT2D eigenvalue weighted by Gasteiger charge is 2.35. The lowest BCUT2D eigenvalue weighted by molar-refractivity contribution is -0.777. The molecular formula is C7H17N2+. The maximum atomic E-state index is 5.62. The molecule has 54 valence electrons. The first-order valence-electron chi connectivity index (χ1n) is 3.71. The third kappa shape index (κ3) is 2.33. The van der Waals surface area contributed by atoms with Crippen LogP contribution in [-0.4, -0.2) is 37.2 Å². The fraction of sp³-hybridized carbons (Fsp3) is 1.00. The van der Waals surface area contributed by atoms with E-state index in [2.05, 4.69) is 14.0 Å². The number of hydrogen-bond acceptors (Lipinski definition) is 1. The molecule has 0 saturated carbocycles. The Balaban J connectivity index is 2.05. The molecule has 1 aliphatic rings. The number of likely N-dealkylation sites (N-methyl/N-ethyl adjacent to an activating group) is 1. The lowest BCUT2D eigenvalue weighted by atomic mass is 10.2. The van der Waals surface area contributed by atoms with Gasteiger partial charge in [-0.05, 0) is 6.92 Å². The van der Waals surface area contributed by atoms with Gasteiger partial charge < -0.3 is 10.2 Å². The molecule has 0 aromatic rings. The quantitative estimate of drug-likeness (QED) is 0.427. The SMILES string of the molecule is C[C@@H](N)CC[N+]1(C)CC1. The molecule has 0 amide bonds. The van der Waals surface area contributed by atoms with E-state index in [0.29, 0.717) is 6.04 Å². The van der Waals surface area contributed by atoms with E-state index < -0.39 is 0 Å². The van der Waals surface area contributed by atoms with E-state index in [-0.39, 0.29) is 0 Å². The Hall–Kier alpha value is -0.0800. The summed E-state index contributed by atoms with van der Waals surface area (Å²) in [5, 5.41) is 0. The largest absolute Gasteiger partial charge is 0.328 e. The van der Waals surface area contributed by atoms with E-state index >= 15 is 0 Å². The molecule has 0 aliphatic carbocycles. The van der Waals surface area contributed by atoms with Crippen molar-refractivity contribution in [1.29, 1.82) is 0 Å². The molecule has 1 atom stereocenters. The van der Waals surface area contributed by atoms with E-state index in [9.17, 15) is 0 Å². The van der Waals surface area contributed by atoms with E-state index in [0.717, 1.165) is 0 Å². The van der Waals surface area contributed by atoms with E-state index in [1.165, 1.54) is 30.5 Å². The van der Waals surface area contributed by atoms with Gasteiger partial charge >= 0.3 is 0 Å². The fourth-order valence-corrected chi connectivity index (χ4v) is 0.910. The summed E-state index contributed by atoms with van der Waals surface area (Å²) in [4.78, 5) is 0. The van der Waals surface area contributed by atoms with Gasteiger partial charge in [-0.1, -0.05) is 0 Å². The summed E-state index contributed by atoms with van der Waals surface area (Å²) in [6, 6.07) is 0.389. The fourth-order valence-electron chi connectivity index (χ4n) is 0.910. The highest BCUT2D eigenvalue weighted by molar-refractivity contribution is 4.57. The average Bonchev–Trinajstić information content (AvgIpc) is 2.45. The number of nitrogens with zero attached hydrogens (tertiary/aromatic N) is 1. The van der Waals surface area contributed by atoms with Crippen molar-refractivity contribution < 1.29 is 4.48 Å². The Morgan fingerprint density at radius 2 is 2.11 bits per heavy atom. The molecule has 1 saturated heterocycles. The van der Waals surface area contributed by atoms with Crippen molar-refractivity contribution in [3.63, 3.8) is 0 Å². The summed E-state index contributed by atoms with van der Waals surface area (Å²) in [5.74, 6) is 0. The monoisotopic (exact) mass is 129 g/mol. The van der Waals surface area contributed by atoms with E-state index in [4.69, 9.17) is 5.73 Å². The summed E-state index contributed by atoms with van der Waals surface area (Å²) >= 11 is 0. The number of hydrogen-bond donors (Lipinski definition) is 1. The molecule has 0 unspecified atom stereocenters. The molecule has 2 N–H and O–H groups in total. The molecule has 0 spiro atoms. The van der Waals surface area contributed by atoms with Crippen LogP contribution in [0.2, 0.25) is 0 Å². The summed E-state index contributed by atoms with van der Waals surface area (Å²) in [5.41, 5.74) is 5.62. The van der Waals surface area contributed by atoms with Crippen LogP contribution in [0, 0.1) is 0 Å². The molecular weight excluding hydrogens is 112 g/mol. The van der Waals surface area contributed by atoms with Crippen LogP contribution in [0.5, 0.6) is 0 Å². The van der Waals surface area contributed by atoms with Gasteiger partial charge in [0.05, 0.1) is 13.6 Å². The second-order valence-electron chi connectivity index (χ2n) is 3.56.